The molecule has 4 nitrogen and oxygen atoms in total. The van der Waals surface area contributed by atoms with Gasteiger partial charge in [0.2, 0.25) is 0 Å². The Balaban J connectivity index is 2.08. The van der Waals surface area contributed by atoms with E-state index in [-0.39, 0.29) is 13.2 Å². The van der Waals surface area contributed by atoms with Gasteiger partial charge in [0.1, 0.15) is 0 Å². The SMILES string of the molecule is OCc1ccc(N=Nc2ccc(CO)cc2)cc1. The van der Waals surface area contributed by atoms with E-state index < -0.39 is 0 Å². The molecule has 4 heteroatoms. The lowest BCUT2D eigenvalue weighted by molar-refractivity contribution is 0.281. The summed E-state index contributed by atoms with van der Waals surface area (Å²) in [6.07, 6.45) is 0. The summed E-state index contributed by atoms with van der Waals surface area (Å²) >= 11 is 0. The number of rotatable bonds is 4. The smallest absolute Gasteiger partial charge is 0.0857 e. The van der Waals surface area contributed by atoms with Gasteiger partial charge in [0.15, 0.2) is 0 Å². The van der Waals surface area contributed by atoms with E-state index in [4.69, 9.17) is 10.2 Å². The van der Waals surface area contributed by atoms with Crippen molar-refractivity contribution in [2.75, 3.05) is 0 Å². The number of hydrogen-bond acceptors (Lipinski definition) is 4. The third-order valence-corrected chi connectivity index (χ3v) is 2.52. The van der Waals surface area contributed by atoms with Crippen molar-refractivity contribution in [2.24, 2.45) is 10.2 Å². The van der Waals surface area contributed by atoms with Crippen LogP contribution in [0.3, 0.4) is 0 Å². The molecule has 0 aliphatic heterocycles. The van der Waals surface area contributed by atoms with Gasteiger partial charge < -0.3 is 10.2 Å². The Morgan fingerprint density at radius 3 is 1.22 bits per heavy atom. The van der Waals surface area contributed by atoms with Gasteiger partial charge in [0.05, 0.1) is 24.6 Å². The fourth-order valence-corrected chi connectivity index (χ4v) is 1.45. The molecule has 0 aliphatic carbocycles. The minimum Gasteiger partial charge on any atom is -0.392 e. The molecule has 0 spiro atoms. The Morgan fingerprint density at radius 2 is 0.944 bits per heavy atom. The van der Waals surface area contributed by atoms with Gasteiger partial charge in [-0.15, -0.1) is 0 Å². The van der Waals surface area contributed by atoms with Crippen molar-refractivity contribution < 1.29 is 10.2 Å². The van der Waals surface area contributed by atoms with Crippen molar-refractivity contribution in [1.82, 2.24) is 0 Å². The molecule has 0 amide bonds. The van der Waals surface area contributed by atoms with Crippen LogP contribution in [0.2, 0.25) is 0 Å². The van der Waals surface area contributed by atoms with Crippen LogP contribution in [0.5, 0.6) is 0 Å². The van der Waals surface area contributed by atoms with E-state index in [2.05, 4.69) is 10.2 Å². The molecular formula is C14H14N2O2. The van der Waals surface area contributed by atoms with Crippen molar-refractivity contribution in [1.29, 1.82) is 0 Å². The van der Waals surface area contributed by atoms with E-state index in [1.54, 1.807) is 24.3 Å². The first-order valence-electron chi connectivity index (χ1n) is 5.63. The quantitative estimate of drug-likeness (QED) is 0.809. The van der Waals surface area contributed by atoms with Crippen LogP contribution in [-0.4, -0.2) is 10.2 Å². The zero-order valence-electron chi connectivity index (χ0n) is 9.82. The van der Waals surface area contributed by atoms with Crippen molar-refractivity contribution in [2.45, 2.75) is 13.2 Å². The molecule has 0 saturated carbocycles. The number of azo groups is 1. The van der Waals surface area contributed by atoms with Crippen LogP contribution in [0.1, 0.15) is 11.1 Å². The first-order valence-corrected chi connectivity index (χ1v) is 5.63. The van der Waals surface area contributed by atoms with Crippen LogP contribution in [0.4, 0.5) is 11.4 Å². The number of nitrogens with zero attached hydrogens (tertiary/aromatic N) is 2. The van der Waals surface area contributed by atoms with Gasteiger partial charge in [-0.25, -0.2) is 0 Å². The molecule has 2 rings (SSSR count). The first kappa shape index (κ1) is 12.4. The summed E-state index contributed by atoms with van der Waals surface area (Å²) in [5.74, 6) is 0. The van der Waals surface area contributed by atoms with E-state index in [1.165, 1.54) is 0 Å². The molecule has 0 bridgehead atoms. The van der Waals surface area contributed by atoms with Crippen LogP contribution in [0.25, 0.3) is 0 Å². The zero-order valence-corrected chi connectivity index (χ0v) is 9.82. The predicted molar refractivity (Wildman–Crippen MR) is 68.9 cm³/mol. The molecule has 0 heterocycles. The lowest BCUT2D eigenvalue weighted by Crippen LogP contribution is -1.80. The summed E-state index contributed by atoms with van der Waals surface area (Å²) in [5.41, 5.74) is 3.17. The number of benzene rings is 2. The summed E-state index contributed by atoms with van der Waals surface area (Å²) in [4.78, 5) is 0. The predicted octanol–water partition coefficient (Wildman–Crippen LogP) is 3.09. The summed E-state index contributed by atoms with van der Waals surface area (Å²) in [5, 5.41) is 26.0. The molecule has 18 heavy (non-hydrogen) atoms. The molecule has 2 aromatic rings. The molecule has 92 valence electrons. The highest BCUT2D eigenvalue weighted by Crippen LogP contribution is 2.19. The maximum absolute atomic E-state index is 8.91. The van der Waals surface area contributed by atoms with Crippen LogP contribution in [-0.2, 0) is 13.2 Å². The van der Waals surface area contributed by atoms with Crippen molar-refractivity contribution >= 4 is 11.4 Å². The highest BCUT2D eigenvalue weighted by molar-refractivity contribution is 5.41. The average molecular weight is 242 g/mol. The molecule has 0 aliphatic rings. The summed E-state index contributed by atoms with van der Waals surface area (Å²) < 4.78 is 0. The van der Waals surface area contributed by atoms with E-state index in [1.807, 2.05) is 24.3 Å². The molecule has 2 aromatic carbocycles. The van der Waals surface area contributed by atoms with E-state index >= 15 is 0 Å². The van der Waals surface area contributed by atoms with Gasteiger partial charge in [-0.2, -0.15) is 10.2 Å². The van der Waals surface area contributed by atoms with Crippen molar-refractivity contribution in [3.05, 3.63) is 59.7 Å². The Kier molecular flexibility index (Phi) is 4.17. The molecule has 0 unspecified atom stereocenters. The molecule has 0 atom stereocenters. The van der Waals surface area contributed by atoms with Crippen LogP contribution in [0.15, 0.2) is 58.8 Å². The van der Waals surface area contributed by atoms with E-state index in [0.717, 1.165) is 22.5 Å². The van der Waals surface area contributed by atoms with Gasteiger partial charge in [0, 0.05) is 0 Å². The zero-order chi connectivity index (χ0) is 12.8. The largest absolute Gasteiger partial charge is 0.392 e. The summed E-state index contributed by atoms with van der Waals surface area (Å²) in [7, 11) is 0. The fourth-order valence-electron chi connectivity index (χ4n) is 1.45. The molecular weight excluding hydrogens is 228 g/mol. The topological polar surface area (TPSA) is 65.2 Å². The monoisotopic (exact) mass is 242 g/mol. The maximum Gasteiger partial charge on any atom is 0.0857 e. The minimum atomic E-state index is 0.0278. The van der Waals surface area contributed by atoms with Crippen LogP contribution in [0, 0.1) is 0 Å². The lowest BCUT2D eigenvalue weighted by atomic mass is 10.2. The van der Waals surface area contributed by atoms with Crippen molar-refractivity contribution in [3.63, 3.8) is 0 Å². The number of aliphatic hydroxyl groups is 2. The highest BCUT2D eigenvalue weighted by Gasteiger charge is 1.93. The Hall–Kier alpha value is -2.04. The molecule has 0 radical (unpaired) electrons. The molecule has 0 fully saturated rings. The van der Waals surface area contributed by atoms with Crippen LogP contribution < -0.4 is 0 Å². The van der Waals surface area contributed by atoms with E-state index in [9.17, 15) is 0 Å². The number of hydrogen-bond donors (Lipinski definition) is 2. The van der Waals surface area contributed by atoms with Gasteiger partial charge in [-0.1, -0.05) is 24.3 Å². The van der Waals surface area contributed by atoms with Gasteiger partial charge >= 0.3 is 0 Å². The van der Waals surface area contributed by atoms with E-state index in [0.29, 0.717) is 0 Å². The second kappa shape index (κ2) is 6.05. The number of aliphatic hydroxyl groups excluding tert-OH is 2. The molecule has 0 aromatic heterocycles. The lowest BCUT2D eigenvalue weighted by Gasteiger charge is -1.97. The molecule has 2 N–H and O–H groups in total. The maximum atomic E-state index is 8.91. The fraction of sp³-hybridized carbons (Fsp3) is 0.143. The molecule has 0 saturated heterocycles. The minimum absolute atomic E-state index is 0.0278. The summed E-state index contributed by atoms with van der Waals surface area (Å²) in [6, 6.07) is 14.4. The first-order chi connectivity index (χ1) is 8.81. The van der Waals surface area contributed by atoms with Gasteiger partial charge in [-0.3, -0.25) is 0 Å². The van der Waals surface area contributed by atoms with Gasteiger partial charge in [0.25, 0.3) is 0 Å². The normalized spacial score (nSPS) is 11.0. The summed E-state index contributed by atoms with van der Waals surface area (Å²) in [6.45, 7) is 0.0556. The second-order valence-electron chi connectivity index (χ2n) is 3.85. The standard InChI is InChI=1S/C14H14N2O2/c17-9-11-1-5-13(6-2-11)15-16-14-7-3-12(10-18)4-8-14/h1-8,17-18H,9-10H2. The average Bonchev–Trinajstić information content (AvgIpc) is 2.46. The Bertz CT molecular complexity index is 469. The third kappa shape index (κ3) is 3.23. The highest BCUT2D eigenvalue weighted by atomic mass is 16.3. The second-order valence-corrected chi connectivity index (χ2v) is 3.85. The Morgan fingerprint density at radius 1 is 0.611 bits per heavy atom. The Labute approximate surface area is 105 Å². The van der Waals surface area contributed by atoms with Crippen LogP contribution >= 0.6 is 0 Å². The van der Waals surface area contributed by atoms with Gasteiger partial charge in [-0.05, 0) is 35.4 Å². The van der Waals surface area contributed by atoms with Crippen molar-refractivity contribution in [3.8, 4) is 0 Å². The third-order valence-electron chi connectivity index (χ3n) is 2.52.